The first kappa shape index (κ1) is 13.3. The fraction of sp³-hybridized carbons (Fsp3) is 0.786. The van der Waals surface area contributed by atoms with Crippen molar-refractivity contribution in [2.45, 2.75) is 45.3 Å². The molecular weight excluding hydrogens is 258 g/mol. The molecule has 1 aromatic rings. The monoisotopic (exact) mass is 281 g/mol. The summed E-state index contributed by atoms with van der Waals surface area (Å²) < 4.78 is 0. The predicted octanol–water partition coefficient (Wildman–Crippen LogP) is 1.64. The van der Waals surface area contributed by atoms with Crippen molar-refractivity contribution >= 4 is 11.3 Å². The highest BCUT2D eigenvalue weighted by atomic mass is 32.1. The standard InChI is InChI=1S/C14H23N3OS/c1-9(2)13-5-15-12(10-3-4-10)7-17(13)6-11-8-19-14(18)16-11/h8-10,12-13,15H,3-7H2,1-2H3,(H,16,18). The van der Waals surface area contributed by atoms with Crippen molar-refractivity contribution in [2.75, 3.05) is 13.1 Å². The Morgan fingerprint density at radius 1 is 1.47 bits per heavy atom. The second-order valence-corrected chi connectivity index (χ2v) is 7.11. The Morgan fingerprint density at radius 2 is 2.26 bits per heavy atom. The zero-order valence-corrected chi connectivity index (χ0v) is 12.5. The third-order valence-electron chi connectivity index (χ3n) is 4.39. The van der Waals surface area contributed by atoms with Gasteiger partial charge in [-0.1, -0.05) is 25.2 Å². The largest absolute Gasteiger partial charge is 0.315 e. The summed E-state index contributed by atoms with van der Waals surface area (Å²) in [7, 11) is 0. The number of piperazine rings is 1. The molecule has 5 heteroatoms. The van der Waals surface area contributed by atoms with E-state index in [1.54, 1.807) is 0 Å². The predicted molar refractivity (Wildman–Crippen MR) is 78.5 cm³/mol. The smallest absolute Gasteiger partial charge is 0.304 e. The molecule has 4 nitrogen and oxygen atoms in total. The zero-order chi connectivity index (χ0) is 13.4. The summed E-state index contributed by atoms with van der Waals surface area (Å²) in [6.45, 7) is 7.64. The minimum Gasteiger partial charge on any atom is -0.315 e. The summed E-state index contributed by atoms with van der Waals surface area (Å²) in [5, 5.41) is 5.69. The van der Waals surface area contributed by atoms with Crippen molar-refractivity contribution in [3.63, 3.8) is 0 Å². The number of H-pyrrole nitrogens is 1. The van der Waals surface area contributed by atoms with Gasteiger partial charge in [0, 0.05) is 42.8 Å². The van der Waals surface area contributed by atoms with Crippen molar-refractivity contribution in [3.8, 4) is 0 Å². The Kier molecular flexibility index (Phi) is 3.78. The molecule has 0 bridgehead atoms. The molecule has 1 aliphatic heterocycles. The molecule has 0 aromatic carbocycles. The SMILES string of the molecule is CC(C)C1CNC(C2CC2)CN1Cc1csc(=O)[nH]1. The lowest BCUT2D eigenvalue weighted by Gasteiger charge is -2.42. The van der Waals surface area contributed by atoms with Crippen molar-refractivity contribution in [2.24, 2.45) is 11.8 Å². The summed E-state index contributed by atoms with van der Waals surface area (Å²) >= 11 is 1.27. The summed E-state index contributed by atoms with van der Waals surface area (Å²) in [4.78, 5) is 16.8. The second kappa shape index (κ2) is 5.38. The van der Waals surface area contributed by atoms with Crippen molar-refractivity contribution < 1.29 is 0 Å². The first-order valence-corrected chi connectivity index (χ1v) is 8.15. The van der Waals surface area contributed by atoms with Crippen LogP contribution in [0.3, 0.4) is 0 Å². The van der Waals surface area contributed by atoms with E-state index in [1.165, 1.54) is 24.2 Å². The Hall–Kier alpha value is -0.650. The maximum atomic E-state index is 11.3. The van der Waals surface area contributed by atoms with Crippen molar-refractivity contribution in [1.29, 1.82) is 0 Å². The van der Waals surface area contributed by atoms with Crippen LogP contribution in [0, 0.1) is 11.8 Å². The quantitative estimate of drug-likeness (QED) is 0.882. The Bertz CT molecular complexity index is 477. The lowest BCUT2D eigenvalue weighted by molar-refractivity contribution is 0.0841. The number of thiazole rings is 1. The van der Waals surface area contributed by atoms with E-state index in [-0.39, 0.29) is 4.87 Å². The third-order valence-corrected chi connectivity index (χ3v) is 5.11. The highest BCUT2D eigenvalue weighted by Crippen LogP contribution is 2.35. The molecule has 3 rings (SSSR count). The van der Waals surface area contributed by atoms with Gasteiger partial charge in [-0.15, -0.1) is 0 Å². The molecule has 106 valence electrons. The topological polar surface area (TPSA) is 48.1 Å². The van der Waals surface area contributed by atoms with E-state index >= 15 is 0 Å². The summed E-state index contributed by atoms with van der Waals surface area (Å²) in [5.74, 6) is 1.52. The molecule has 0 radical (unpaired) electrons. The highest BCUT2D eigenvalue weighted by molar-refractivity contribution is 7.07. The first-order chi connectivity index (χ1) is 9.13. The minimum atomic E-state index is 0.0602. The van der Waals surface area contributed by atoms with Crippen LogP contribution >= 0.6 is 11.3 Å². The van der Waals surface area contributed by atoms with Crippen LogP contribution in [0.2, 0.25) is 0 Å². The van der Waals surface area contributed by atoms with Crippen LogP contribution in [0.15, 0.2) is 10.2 Å². The molecule has 2 atom stereocenters. The molecular formula is C14H23N3OS. The van der Waals surface area contributed by atoms with E-state index in [9.17, 15) is 4.79 Å². The number of aromatic amines is 1. The molecule has 2 unspecified atom stereocenters. The van der Waals surface area contributed by atoms with Gasteiger partial charge in [0.1, 0.15) is 0 Å². The number of nitrogens with one attached hydrogen (secondary N) is 2. The average molecular weight is 281 g/mol. The van der Waals surface area contributed by atoms with Gasteiger partial charge in [0.2, 0.25) is 0 Å². The number of aromatic nitrogens is 1. The molecule has 0 amide bonds. The Labute approximate surface area is 118 Å². The summed E-state index contributed by atoms with van der Waals surface area (Å²) in [6, 6.07) is 1.22. The van der Waals surface area contributed by atoms with Gasteiger partial charge in [-0.2, -0.15) is 0 Å². The fourth-order valence-electron chi connectivity index (χ4n) is 3.12. The lowest BCUT2D eigenvalue weighted by Crippen LogP contribution is -2.58. The maximum Gasteiger partial charge on any atom is 0.304 e. The van der Waals surface area contributed by atoms with Crippen LogP contribution in [0.4, 0.5) is 0 Å². The molecule has 2 fully saturated rings. The average Bonchev–Trinajstić information content (AvgIpc) is 3.14. The van der Waals surface area contributed by atoms with Crippen molar-refractivity contribution in [1.82, 2.24) is 15.2 Å². The van der Waals surface area contributed by atoms with Gasteiger partial charge in [-0.3, -0.25) is 9.69 Å². The van der Waals surface area contributed by atoms with E-state index < -0.39 is 0 Å². The second-order valence-electron chi connectivity index (χ2n) is 6.27. The Balaban J connectivity index is 1.70. The summed E-state index contributed by atoms with van der Waals surface area (Å²) in [5.41, 5.74) is 1.07. The van der Waals surface area contributed by atoms with Gasteiger partial charge in [-0.25, -0.2) is 0 Å². The highest BCUT2D eigenvalue weighted by Gasteiger charge is 2.37. The number of nitrogens with zero attached hydrogens (tertiary/aromatic N) is 1. The molecule has 19 heavy (non-hydrogen) atoms. The molecule has 0 spiro atoms. The Morgan fingerprint density at radius 3 is 2.84 bits per heavy atom. The van der Waals surface area contributed by atoms with Crippen LogP contribution in [0.5, 0.6) is 0 Å². The van der Waals surface area contributed by atoms with E-state index in [0.717, 1.165) is 31.2 Å². The van der Waals surface area contributed by atoms with Crippen molar-refractivity contribution in [3.05, 3.63) is 20.7 Å². The molecule has 1 saturated heterocycles. The number of hydrogen-bond acceptors (Lipinski definition) is 4. The molecule has 2 N–H and O–H groups in total. The minimum absolute atomic E-state index is 0.0602. The zero-order valence-electron chi connectivity index (χ0n) is 11.7. The van der Waals surface area contributed by atoms with Crippen LogP contribution < -0.4 is 10.2 Å². The molecule has 1 aliphatic carbocycles. The van der Waals surface area contributed by atoms with Crippen LogP contribution in [-0.2, 0) is 6.54 Å². The van der Waals surface area contributed by atoms with E-state index in [0.29, 0.717) is 18.0 Å². The van der Waals surface area contributed by atoms with Gasteiger partial charge in [0.25, 0.3) is 0 Å². The van der Waals surface area contributed by atoms with Gasteiger partial charge in [0.05, 0.1) is 0 Å². The van der Waals surface area contributed by atoms with Gasteiger partial charge in [0.15, 0.2) is 0 Å². The van der Waals surface area contributed by atoms with Crippen LogP contribution in [0.25, 0.3) is 0 Å². The fourth-order valence-corrected chi connectivity index (χ4v) is 3.69. The normalized spacial score (nSPS) is 29.0. The molecule has 1 saturated carbocycles. The van der Waals surface area contributed by atoms with Gasteiger partial charge >= 0.3 is 4.87 Å². The summed E-state index contributed by atoms with van der Waals surface area (Å²) in [6.07, 6.45) is 2.76. The number of hydrogen-bond donors (Lipinski definition) is 2. The molecule has 2 heterocycles. The molecule has 1 aromatic heterocycles. The maximum absolute atomic E-state index is 11.3. The van der Waals surface area contributed by atoms with Gasteiger partial charge < -0.3 is 10.3 Å². The third kappa shape index (κ3) is 3.09. The van der Waals surface area contributed by atoms with Crippen LogP contribution in [0.1, 0.15) is 32.4 Å². The molecule has 2 aliphatic rings. The van der Waals surface area contributed by atoms with Gasteiger partial charge in [-0.05, 0) is 24.7 Å². The lowest BCUT2D eigenvalue weighted by atomic mass is 9.97. The van der Waals surface area contributed by atoms with E-state index in [2.05, 4.69) is 29.0 Å². The van der Waals surface area contributed by atoms with Crippen LogP contribution in [-0.4, -0.2) is 35.1 Å². The first-order valence-electron chi connectivity index (χ1n) is 7.27. The number of rotatable bonds is 4. The van der Waals surface area contributed by atoms with E-state index in [1.807, 2.05) is 5.38 Å². The van der Waals surface area contributed by atoms with E-state index in [4.69, 9.17) is 0 Å².